The molecule has 1 aliphatic heterocycles. The molecule has 1 aromatic rings. The Balaban J connectivity index is 1.69. The fourth-order valence-corrected chi connectivity index (χ4v) is 5.15. The molecule has 1 saturated heterocycles. The summed E-state index contributed by atoms with van der Waals surface area (Å²) in [6.07, 6.45) is 5.01. The maximum atomic E-state index is 12.6. The molecule has 1 aromatic heterocycles. The van der Waals surface area contributed by atoms with Crippen LogP contribution in [0.5, 0.6) is 0 Å². The third-order valence-electron chi connectivity index (χ3n) is 3.97. The summed E-state index contributed by atoms with van der Waals surface area (Å²) >= 11 is 1.82. The predicted molar refractivity (Wildman–Crippen MR) is 81.3 cm³/mol. The van der Waals surface area contributed by atoms with E-state index in [0.29, 0.717) is 17.5 Å². The molecule has 2 heterocycles. The van der Waals surface area contributed by atoms with Crippen LogP contribution in [0.3, 0.4) is 0 Å². The molecular formula is C13H21N3O2S2. The van der Waals surface area contributed by atoms with Gasteiger partial charge in [-0.3, -0.25) is 0 Å². The van der Waals surface area contributed by atoms with Gasteiger partial charge in [-0.05, 0) is 31.1 Å². The van der Waals surface area contributed by atoms with Crippen molar-refractivity contribution >= 4 is 21.8 Å². The molecule has 1 aliphatic carbocycles. The second-order valence-electron chi connectivity index (χ2n) is 5.55. The molecule has 0 amide bonds. The zero-order valence-electron chi connectivity index (χ0n) is 11.6. The summed E-state index contributed by atoms with van der Waals surface area (Å²) < 4.78 is 26.7. The van der Waals surface area contributed by atoms with Crippen molar-refractivity contribution in [2.45, 2.75) is 42.8 Å². The Bertz CT molecular complexity index is 560. The van der Waals surface area contributed by atoms with E-state index in [9.17, 15) is 8.42 Å². The molecule has 5 nitrogen and oxygen atoms in total. The number of hydrogen-bond donors (Lipinski definition) is 2. The molecule has 0 radical (unpaired) electrons. The van der Waals surface area contributed by atoms with Gasteiger partial charge in [-0.2, -0.15) is 16.1 Å². The zero-order chi connectivity index (χ0) is 14.2. The number of aromatic nitrogens is 1. The maximum absolute atomic E-state index is 12.6. The maximum Gasteiger partial charge on any atom is 0.244 e. The molecule has 20 heavy (non-hydrogen) atoms. The van der Waals surface area contributed by atoms with Crippen molar-refractivity contribution < 1.29 is 8.42 Å². The van der Waals surface area contributed by atoms with E-state index >= 15 is 0 Å². The molecule has 2 N–H and O–H groups in total. The van der Waals surface area contributed by atoms with Gasteiger partial charge in [0.25, 0.3) is 0 Å². The van der Waals surface area contributed by atoms with Crippen LogP contribution in [-0.2, 0) is 16.6 Å². The largest absolute Gasteiger partial charge is 0.363 e. The SMILES string of the molecule is CN(C1CCSC1)S(=O)(=O)c1c[nH]c(CNC2CC2)c1. The van der Waals surface area contributed by atoms with Gasteiger partial charge in [0.15, 0.2) is 0 Å². The fraction of sp³-hybridized carbons (Fsp3) is 0.692. The van der Waals surface area contributed by atoms with E-state index in [0.717, 1.165) is 23.6 Å². The number of hydrogen-bond acceptors (Lipinski definition) is 4. The van der Waals surface area contributed by atoms with Crippen molar-refractivity contribution in [2.24, 2.45) is 0 Å². The highest BCUT2D eigenvalue weighted by molar-refractivity contribution is 7.99. The Hall–Kier alpha value is -0.500. The Morgan fingerprint density at radius 2 is 2.25 bits per heavy atom. The van der Waals surface area contributed by atoms with Gasteiger partial charge in [0, 0.05) is 43.3 Å². The Morgan fingerprint density at radius 3 is 2.90 bits per heavy atom. The number of rotatable bonds is 6. The number of H-pyrrole nitrogens is 1. The summed E-state index contributed by atoms with van der Waals surface area (Å²) in [6, 6.07) is 2.51. The average molecular weight is 315 g/mol. The van der Waals surface area contributed by atoms with E-state index in [1.54, 1.807) is 19.3 Å². The van der Waals surface area contributed by atoms with Gasteiger partial charge in [-0.1, -0.05) is 0 Å². The third-order valence-corrected chi connectivity index (χ3v) is 7.00. The Morgan fingerprint density at radius 1 is 1.45 bits per heavy atom. The summed E-state index contributed by atoms with van der Waals surface area (Å²) in [7, 11) is -1.67. The van der Waals surface area contributed by atoms with Gasteiger partial charge in [-0.15, -0.1) is 0 Å². The van der Waals surface area contributed by atoms with E-state index in [1.807, 2.05) is 11.8 Å². The lowest BCUT2D eigenvalue weighted by atomic mass is 10.3. The third kappa shape index (κ3) is 3.05. The smallest absolute Gasteiger partial charge is 0.244 e. The van der Waals surface area contributed by atoms with Gasteiger partial charge >= 0.3 is 0 Å². The summed E-state index contributed by atoms with van der Waals surface area (Å²) in [5, 5.41) is 3.38. The van der Waals surface area contributed by atoms with Crippen molar-refractivity contribution in [1.82, 2.24) is 14.6 Å². The topological polar surface area (TPSA) is 65.2 Å². The number of sulfonamides is 1. The first-order chi connectivity index (χ1) is 9.57. The van der Waals surface area contributed by atoms with Crippen molar-refractivity contribution in [1.29, 1.82) is 0 Å². The van der Waals surface area contributed by atoms with E-state index in [2.05, 4.69) is 10.3 Å². The van der Waals surface area contributed by atoms with Crippen molar-refractivity contribution in [3.8, 4) is 0 Å². The molecule has 7 heteroatoms. The van der Waals surface area contributed by atoms with Gasteiger partial charge in [0.05, 0.1) is 4.90 Å². The van der Waals surface area contributed by atoms with Crippen LogP contribution in [0.15, 0.2) is 17.2 Å². The molecule has 1 atom stereocenters. The quantitative estimate of drug-likeness (QED) is 0.833. The normalized spacial score (nSPS) is 23.6. The van der Waals surface area contributed by atoms with E-state index in [-0.39, 0.29) is 6.04 Å². The van der Waals surface area contributed by atoms with Crippen LogP contribution in [0.4, 0.5) is 0 Å². The molecule has 2 aliphatic rings. The second kappa shape index (κ2) is 5.71. The van der Waals surface area contributed by atoms with E-state index < -0.39 is 10.0 Å². The molecular weight excluding hydrogens is 294 g/mol. The van der Waals surface area contributed by atoms with Crippen molar-refractivity contribution in [2.75, 3.05) is 18.6 Å². The summed E-state index contributed by atoms with van der Waals surface area (Å²) in [6.45, 7) is 0.711. The zero-order valence-corrected chi connectivity index (χ0v) is 13.3. The number of nitrogens with one attached hydrogen (secondary N) is 2. The predicted octanol–water partition coefficient (Wildman–Crippen LogP) is 1.39. The van der Waals surface area contributed by atoms with Crippen LogP contribution in [-0.4, -0.2) is 48.3 Å². The highest BCUT2D eigenvalue weighted by Gasteiger charge is 2.31. The minimum Gasteiger partial charge on any atom is -0.363 e. The highest BCUT2D eigenvalue weighted by Crippen LogP contribution is 2.26. The first-order valence-corrected chi connectivity index (χ1v) is 9.63. The fourth-order valence-electron chi connectivity index (χ4n) is 2.38. The molecule has 0 aromatic carbocycles. The van der Waals surface area contributed by atoms with Gasteiger partial charge in [0.1, 0.15) is 0 Å². The molecule has 1 saturated carbocycles. The molecule has 1 unspecified atom stereocenters. The van der Waals surface area contributed by atoms with Crippen molar-refractivity contribution in [3.05, 3.63) is 18.0 Å². The molecule has 0 bridgehead atoms. The average Bonchev–Trinajstić information content (AvgIpc) is 2.95. The lowest BCUT2D eigenvalue weighted by Gasteiger charge is -2.22. The van der Waals surface area contributed by atoms with Crippen LogP contribution >= 0.6 is 11.8 Å². The standard InChI is InChI=1S/C13H21N3O2S2/c1-16(12-4-5-19-9-12)20(17,18)13-6-11(15-8-13)7-14-10-2-3-10/h6,8,10,12,14-15H,2-5,7,9H2,1H3. The number of nitrogens with zero attached hydrogens (tertiary/aromatic N) is 1. The Labute approximate surface area is 124 Å². The van der Waals surface area contributed by atoms with Crippen molar-refractivity contribution in [3.63, 3.8) is 0 Å². The molecule has 0 spiro atoms. The monoisotopic (exact) mass is 315 g/mol. The van der Waals surface area contributed by atoms with E-state index in [1.165, 1.54) is 17.1 Å². The lowest BCUT2D eigenvalue weighted by molar-refractivity contribution is 0.394. The number of thioether (sulfide) groups is 1. The van der Waals surface area contributed by atoms with Crippen LogP contribution in [0.25, 0.3) is 0 Å². The van der Waals surface area contributed by atoms with Gasteiger partial charge < -0.3 is 10.3 Å². The summed E-state index contributed by atoms with van der Waals surface area (Å²) in [5.74, 6) is 1.95. The second-order valence-corrected chi connectivity index (χ2v) is 8.70. The van der Waals surface area contributed by atoms with Crippen LogP contribution in [0.2, 0.25) is 0 Å². The van der Waals surface area contributed by atoms with Crippen LogP contribution < -0.4 is 5.32 Å². The molecule has 2 fully saturated rings. The Kier molecular flexibility index (Phi) is 4.12. The van der Waals surface area contributed by atoms with E-state index in [4.69, 9.17) is 0 Å². The van der Waals surface area contributed by atoms with Gasteiger partial charge in [0.2, 0.25) is 10.0 Å². The van der Waals surface area contributed by atoms with Crippen LogP contribution in [0.1, 0.15) is 25.0 Å². The minimum atomic E-state index is -3.36. The summed E-state index contributed by atoms with van der Waals surface area (Å²) in [4.78, 5) is 3.45. The lowest BCUT2D eigenvalue weighted by Crippen LogP contribution is -2.36. The summed E-state index contributed by atoms with van der Waals surface area (Å²) in [5.41, 5.74) is 0.935. The molecule has 3 rings (SSSR count). The van der Waals surface area contributed by atoms with Gasteiger partial charge in [-0.25, -0.2) is 8.42 Å². The highest BCUT2D eigenvalue weighted by atomic mass is 32.2. The first kappa shape index (κ1) is 14.4. The number of aromatic amines is 1. The minimum absolute atomic E-state index is 0.132. The van der Waals surface area contributed by atoms with Crippen LogP contribution in [0, 0.1) is 0 Å². The molecule has 112 valence electrons. The first-order valence-electron chi connectivity index (χ1n) is 7.04.